The fourth-order valence-electron chi connectivity index (χ4n) is 3.62. The summed E-state index contributed by atoms with van der Waals surface area (Å²) in [6.45, 7) is 0.554. The summed E-state index contributed by atoms with van der Waals surface area (Å²) in [7, 11) is -1.97. The second kappa shape index (κ2) is 6.48. The molecule has 0 aliphatic heterocycles. The molecule has 3 atom stereocenters. The molecule has 0 saturated heterocycles. The van der Waals surface area contributed by atoms with Crippen LogP contribution >= 0.6 is 11.6 Å². The molecule has 2 N–H and O–H groups in total. The van der Waals surface area contributed by atoms with Crippen molar-refractivity contribution in [2.24, 2.45) is 11.1 Å². The first-order valence-electron chi connectivity index (χ1n) is 7.71. The Morgan fingerprint density at radius 1 is 1.12 bits per heavy atom. The highest BCUT2D eigenvalue weighted by atomic mass is 35.5. The van der Waals surface area contributed by atoms with Crippen LogP contribution in [0.2, 0.25) is 5.02 Å². The zero-order chi connectivity index (χ0) is 17.4. The van der Waals surface area contributed by atoms with Gasteiger partial charge >= 0.3 is 0 Å². The van der Waals surface area contributed by atoms with Gasteiger partial charge < -0.3 is 10.5 Å². The topological polar surface area (TPSA) is 69.4 Å². The predicted molar refractivity (Wildman–Crippen MR) is 95.0 cm³/mol. The number of sulfone groups is 1. The van der Waals surface area contributed by atoms with Crippen LogP contribution in [-0.2, 0) is 14.6 Å². The molecule has 2 aromatic rings. The van der Waals surface area contributed by atoms with Gasteiger partial charge in [-0.25, -0.2) is 8.42 Å². The molecule has 0 amide bonds. The molecule has 4 nitrogen and oxygen atoms in total. The van der Waals surface area contributed by atoms with Gasteiger partial charge in [0.15, 0.2) is 9.84 Å². The highest BCUT2D eigenvalue weighted by Crippen LogP contribution is 2.63. The third-order valence-corrected chi connectivity index (χ3v) is 7.40. The summed E-state index contributed by atoms with van der Waals surface area (Å²) in [5.74, 6) is -0.177. The van der Waals surface area contributed by atoms with Crippen molar-refractivity contribution in [2.45, 2.75) is 16.1 Å². The van der Waals surface area contributed by atoms with Gasteiger partial charge in [-0.1, -0.05) is 41.9 Å². The standard InChI is InChI=1S/C18H20ClNO3S/c1-23-12-18(11-20)16(13-5-3-2-4-6-13)17(18)24(21,22)15-9-7-14(19)8-10-15/h2-10,16-17H,11-12,20H2,1H3/t16-,17-,18+/m0/s1. The van der Waals surface area contributed by atoms with Gasteiger partial charge in [-0.15, -0.1) is 0 Å². The van der Waals surface area contributed by atoms with E-state index in [9.17, 15) is 8.42 Å². The largest absolute Gasteiger partial charge is 0.384 e. The summed E-state index contributed by atoms with van der Waals surface area (Å²) < 4.78 is 31.7. The van der Waals surface area contributed by atoms with E-state index in [4.69, 9.17) is 22.1 Å². The van der Waals surface area contributed by atoms with Crippen LogP contribution in [0, 0.1) is 5.41 Å². The Labute approximate surface area is 147 Å². The highest BCUT2D eigenvalue weighted by molar-refractivity contribution is 7.92. The molecule has 1 aliphatic rings. The van der Waals surface area contributed by atoms with Gasteiger partial charge in [-0.3, -0.25) is 0 Å². The first-order chi connectivity index (χ1) is 11.5. The van der Waals surface area contributed by atoms with Crippen molar-refractivity contribution in [3.05, 3.63) is 65.2 Å². The van der Waals surface area contributed by atoms with Crippen molar-refractivity contribution in [3.63, 3.8) is 0 Å². The molecule has 6 heteroatoms. The van der Waals surface area contributed by atoms with Crippen LogP contribution in [0.1, 0.15) is 11.5 Å². The molecule has 1 fully saturated rings. The van der Waals surface area contributed by atoms with E-state index in [0.717, 1.165) is 5.56 Å². The third kappa shape index (κ3) is 2.75. The maximum Gasteiger partial charge on any atom is 0.182 e. The third-order valence-electron chi connectivity index (χ3n) is 4.81. The van der Waals surface area contributed by atoms with Gasteiger partial charge in [-0.05, 0) is 29.8 Å². The number of hydrogen-bond donors (Lipinski definition) is 1. The Balaban J connectivity index is 2.05. The summed E-state index contributed by atoms with van der Waals surface area (Å²) in [4.78, 5) is 0.268. The van der Waals surface area contributed by atoms with E-state index in [1.807, 2.05) is 30.3 Å². The number of nitrogens with two attached hydrogens (primary N) is 1. The average Bonchev–Trinajstić information content (AvgIpc) is 3.26. The lowest BCUT2D eigenvalue weighted by Crippen LogP contribution is -2.28. The van der Waals surface area contributed by atoms with Crippen molar-refractivity contribution >= 4 is 21.4 Å². The van der Waals surface area contributed by atoms with Crippen LogP contribution < -0.4 is 5.73 Å². The summed E-state index contributed by atoms with van der Waals surface area (Å²) in [5.41, 5.74) is 6.38. The molecule has 0 unspecified atom stereocenters. The molecule has 0 aromatic heterocycles. The molecule has 1 saturated carbocycles. The average molecular weight is 366 g/mol. The van der Waals surface area contributed by atoms with Crippen molar-refractivity contribution in [3.8, 4) is 0 Å². The number of halogens is 1. The fourth-order valence-corrected chi connectivity index (χ4v) is 6.19. The Bertz CT molecular complexity index is 808. The summed E-state index contributed by atoms with van der Waals surface area (Å²) >= 11 is 5.88. The van der Waals surface area contributed by atoms with Gasteiger partial charge in [0.1, 0.15) is 0 Å². The van der Waals surface area contributed by atoms with Crippen molar-refractivity contribution < 1.29 is 13.2 Å². The minimum Gasteiger partial charge on any atom is -0.384 e. The fraction of sp³-hybridized carbons (Fsp3) is 0.333. The molecule has 3 rings (SSSR count). The van der Waals surface area contributed by atoms with Crippen LogP contribution in [0.5, 0.6) is 0 Å². The SMILES string of the molecule is COC[C@]1(CN)[C@@H](c2ccccc2)[C@@H]1S(=O)(=O)c1ccc(Cl)cc1. The number of hydrogen-bond acceptors (Lipinski definition) is 4. The smallest absolute Gasteiger partial charge is 0.182 e. The lowest BCUT2D eigenvalue weighted by atomic mass is 10.0. The quantitative estimate of drug-likeness (QED) is 0.854. The predicted octanol–water partition coefficient (Wildman–Crippen LogP) is 2.87. The second-order valence-corrected chi connectivity index (χ2v) is 8.68. The van der Waals surface area contributed by atoms with Gasteiger partial charge in [0.05, 0.1) is 16.8 Å². The molecule has 24 heavy (non-hydrogen) atoms. The van der Waals surface area contributed by atoms with Crippen molar-refractivity contribution in [1.29, 1.82) is 0 Å². The zero-order valence-corrected chi connectivity index (χ0v) is 14.9. The van der Waals surface area contributed by atoms with E-state index in [0.29, 0.717) is 11.6 Å². The van der Waals surface area contributed by atoms with Crippen molar-refractivity contribution in [1.82, 2.24) is 0 Å². The monoisotopic (exact) mass is 365 g/mol. The number of ether oxygens (including phenoxy) is 1. The van der Waals surface area contributed by atoms with E-state index in [1.165, 1.54) is 0 Å². The minimum absolute atomic E-state index is 0.177. The lowest BCUT2D eigenvalue weighted by Gasteiger charge is -2.15. The van der Waals surface area contributed by atoms with Gasteiger partial charge in [0.2, 0.25) is 0 Å². The summed E-state index contributed by atoms with van der Waals surface area (Å²) in [6.07, 6.45) is 0. The van der Waals surface area contributed by atoms with Crippen molar-refractivity contribution in [2.75, 3.05) is 20.3 Å². The van der Waals surface area contributed by atoms with E-state index < -0.39 is 20.5 Å². The van der Waals surface area contributed by atoms with Crippen LogP contribution in [-0.4, -0.2) is 33.9 Å². The highest BCUT2D eigenvalue weighted by Gasteiger charge is 2.70. The van der Waals surface area contributed by atoms with E-state index >= 15 is 0 Å². The molecule has 0 bridgehead atoms. The molecule has 128 valence electrons. The zero-order valence-electron chi connectivity index (χ0n) is 13.4. The summed E-state index contributed by atoms with van der Waals surface area (Å²) in [5, 5.41) is -0.0927. The minimum atomic E-state index is -3.54. The maximum atomic E-state index is 13.2. The van der Waals surface area contributed by atoms with Crippen LogP contribution in [0.25, 0.3) is 0 Å². The van der Waals surface area contributed by atoms with Gasteiger partial charge in [0.25, 0.3) is 0 Å². The maximum absolute atomic E-state index is 13.2. The second-order valence-electron chi connectivity index (χ2n) is 6.18. The Hall–Kier alpha value is -1.40. The Morgan fingerprint density at radius 2 is 1.75 bits per heavy atom. The van der Waals surface area contributed by atoms with Gasteiger partial charge in [-0.2, -0.15) is 0 Å². The van der Waals surface area contributed by atoms with Crippen LogP contribution in [0.15, 0.2) is 59.5 Å². The number of methoxy groups -OCH3 is 1. The molecule has 0 heterocycles. The number of rotatable bonds is 6. The van der Waals surface area contributed by atoms with Gasteiger partial charge in [0, 0.05) is 30.0 Å². The molecule has 2 aromatic carbocycles. The normalized spacial score (nSPS) is 26.3. The lowest BCUT2D eigenvalue weighted by molar-refractivity contribution is 0.142. The Kier molecular flexibility index (Phi) is 4.71. The first kappa shape index (κ1) is 17.4. The first-order valence-corrected chi connectivity index (χ1v) is 9.63. The summed E-state index contributed by atoms with van der Waals surface area (Å²) in [6, 6.07) is 15.9. The Morgan fingerprint density at radius 3 is 2.29 bits per heavy atom. The molecule has 0 spiro atoms. The van der Waals surface area contributed by atoms with E-state index in [2.05, 4.69) is 0 Å². The van der Waals surface area contributed by atoms with Crippen LogP contribution in [0.4, 0.5) is 0 Å². The molecule has 0 radical (unpaired) electrons. The number of benzene rings is 2. The van der Waals surface area contributed by atoms with Crippen LogP contribution in [0.3, 0.4) is 0 Å². The molecular formula is C18H20ClNO3S. The molecular weight excluding hydrogens is 346 g/mol. The van der Waals surface area contributed by atoms with E-state index in [1.54, 1.807) is 31.4 Å². The van der Waals surface area contributed by atoms with E-state index in [-0.39, 0.29) is 17.4 Å². The molecule has 1 aliphatic carbocycles.